The third-order valence-electron chi connectivity index (χ3n) is 7.85. The highest BCUT2D eigenvalue weighted by molar-refractivity contribution is 5.93. The van der Waals surface area contributed by atoms with Gasteiger partial charge in [0, 0.05) is 42.7 Å². The Hall–Kier alpha value is -3.56. The van der Waals surface area contributed by atoms with E-state index < -0.39 is 22.8 Å². The van der Waals surface area contributed by atoms with E-state index in [0.29, 0.717) is 36.5 Å². The smallest absolute Gasteiger partial charge is 0.416 e. The molecule has 7 nitrogen and oxygen atoms in total. The molecule has 3 aliphatic rings. The summed E-state index contributed by atoms with van der Waals surface area (Å²) in [6.07, 6.45) is -0.543. The van der Waals surface area contributed by atoms with Crippen LogP contribution in [0.25, 0.3) is 5.69 Å². The zero-order valence-electron chi connectivity index (χ0n) is 20.1. The molecule has 1 unspecified atom stereocenters. The number of rotatable bonds is 3. The maximum absolute atomic E-state index is 13.5. The predicted octanol–water partition coefficient (Wildman–Crippen LogP) is 3.95. The van der Waals surface area contributed by atoms with Gasteiger partial charge in [0.05, 0.1) is 17.6 Å². The average molecular weight is 499 g/mol. The summed E-state index contributed by atoms with van der Waals surface area (Å²) in [7, 11) is 0. The van der Waals surface area contributed by atoms with Crippen molar-refractivity contribution in [3.63, 3.8) is 0 Å². The Morgan fingerprint density at radius 2 is 1.92 bits per heavy atom. The maximum Gasteiger partial charge on any atom is 0.416 e. The number of amides is 1. The molecule has 1 aliphatic carbocycles. The molecule has 0 N–H and O–H groups in total. The summed E-state index contributed by atoms with van der Waals surface area (Å²) < 4.78 is 49.7. The second-order valence-electron chi connectivity index (χ2n) is 10.5. The number of hydrogen-bond donors (Lipinski definition) is 0. The highest BCUT2D eigenvalue weighted by Gasteiger charge is 2.67. The Labute approximate surface area is 205 Å². The Balaban J connectivity index is 1.35. The van der Waals surface area contributed by atoms with Gasteiger partial charge in [-0.3, -0.25) is 9.59 Å². The number of carbonyl (C=O) groups excluding carboxylic acids is 1. The zero-order chi connectivity index (χ0) is 25.6. The number of hydrogen-bond acceptors (Lipinski definition) is 4. The van der Waals surface area contributed by atoms with E-state index in [4.69, 9.17) is 4.74 Å². The summed E-state index contributed by atoms with van der Waals surface area (Å²) >= 11 is 0. The van der Waals surface area contributed by atoms with Crippen molar-refractivity contribution in [1.82, 2.24) is 19.0 Å². The van der Waals surface area contributed by atoms with Gasteiger partial charge in [-0.15, -0.1) is 0 Å². The van der Waals surface area contributed by atoms with Gasteiger partial charge < -0.3 is 18.8 Å². The molecule has 188 valence electrons. The summed E-state index contributed by atoms with van der Waals surface area (Å²) in [5, 5.41) is 0. The number of halogens is 3. The van der Waals surface area contributed by atoms with Crippen molar-refractivity contribution >= 4 is 5.91 Å². The lowest BCUT2D eigenvalue weighted by atomic mass is 9.82. The third-order valence-corrected chi connectivity index (χ3v) is 7.85. The van der Waals surface area contributed by atoms with Gasteiger partial charge in [0.2, 0.25) is 0 Å². The fraction of sp³-hybridized carbons (Fsp3) is 0.423. The second kappa shape index (κ2) is 7.24. The van der Waals surface area contributed by atoms with E-state index in [2.05, 4.69) is 4.98 Å². The molecule has 36 heavy (non-hydrogen) atoms. The van der Waals surface area contributed by atoms with Gasteiger partial charge in [-0.05, 0) is 57.5 Å². The molecule has 6 rings (SSSR count). The number of ether oxygens (including phenoxy) is 1. The standard InChI is InChI=1S/C26H25F3N4O3/c1-15-12-32(14-30-15)18-5-6-19-22(34)31(8-9-33(19)23(18)35)13-25-11-21(25)24(2,3)36-20-7-4-16(10-17(20)25)26(27,28)29/h4-7,10,12,14,21H,8-9,11,13H2,1-3H3/t21-,25?/m0/s1. The number of alkyl halides is 3. The molecule has 10 heteroatoms. The first-order valence-electron chi connectivity index (χ1n) is 11.9. The minimum Gasteiger partial charge on any atom is -0.487 e. The SMILES string of the molecule is Cc1cn(-c2ccc3n(c2=O)CCN(CC24C[C@H]2C(C)(C)Oc2ccc(C(F)(F)F)cc24)C3=O)cn1. The average Bonchev–Trinajstić information content (AvgIpc) is 3.41. The number of fused-ring (bicyclic) bond motifs is 4. The molecule has 1 saturated carbocycles. The number of aromatic nitrogens is 3. The minimum absolute atomic E-state index is 0.0234. The van der Waals surface area contributed by atoms with Crippen molar-refractivity contribution in [2.75, 3.05) is 13.1 Å². The first kappa shape index (κ1) is 22.9. The first-order chi connectivity index (χ1) is 16.9. The van der Waals surface area contributed by atoms with Crippen molar-refractivity contribution in [1.29, 1.82) is 0 Å². The molecule has 0 spiro atoms. The quantitative estimate of drug-likeness (QED) is 0.549. The van der Waals surface area contributed by atoms with Crippen molar-refractivity contribution < 1.29 is 22.7 Å². The molecule has 2 atom stereocenters. The monoisotopic (exact) mass is 498 g/mol. The van der Waals surface area contributed by atoms with Crippen LogP contribution in [0.4, 0.5) is 13.2 Å². The summed E-state index contributed by atoms with van der Waals surface area (Å²) in [5.41, 5.74) is -0.249. The fourth-order valence-electron chi connectivity index (χ4n) is 6.01. The van der Waals surface area contributed by atoms with Crippen LogP contribution in [0.15, 0.2) is 47.7 Å². The number of pyridine rings is 1. The zero-order valence-corrected chi connectivity index (χ0v) is 20.1. The van der Waals surface area contributed by atoms with E-state index in [1.54, 1.807) is 34.1 Å². The summed E-state index contributed by atoms with van der Waals surface area (Å²) in [6, 6.07) is 6.85. The van der Waals surface area contributed by atoms with Gasteiger partial charge in [0.1, 0.15) is 22.7 Å². The lowest BCUT2D eigenvalue weighted by Gasteiger charge is -2.40. The lowest BCUT2D eigenvalue weighted by molar-refractivity contribution is -0.137. The number of nitrogens with zero attached hydrogens (tertiary/aromatic N) is 4. The Kier molecular flexibility index (Phi) is 4.60. The number of carbonyl (C=O) groups is 1. The summed E-state index contributed by atoms with van der Waals surface area (Å²) in [5.74, 6) is 0.109. The second-order valence-corrected chi connectivity index (χ2v) is 10.5. The molecule has 2 aromatic heterocycles. The molecule has 0 bridgehead atoms. The van der Waals surface area contributed by atoms with E-state index in [1.165, 1.54) is 16.7 Å². The van der Waals surface area contributed by atoms with Crippen LogP contribution in [0.5, 0.6) is 5.75 Å². The highest BCUT2D eigenvalue weighted by Crippen LogP contribution is 2.65. The third kappa shape index (κ3) is 3.30. The normalized spacial score (nSPS) is 24.0. The van der Waals surface area contributed by atoms with Gasteiger partial charge in [0.25, 0.3) is 11.5 Å². The van der Waals surface area contributed by atoms with Crippen LogP contribution in [0.2, 0.25) is 0 Å². The molecule has 3 aromatic rings. The predicted molar refractivity (Wildman–Crippen MR) is 124 cm³/mol. The van der Waals surface area contributed by atoms with Crippen LogP contribution in [0.3, 0.4) is 0 Å². The molecule has 1 amide bonds. The van der Waals surface area contributed by atoms with Crippen molar-refractivity contribution in [2.45, 2.75) is 50.9 Å². The molecular formula is C26H25F3N4O3. The summed E-state index contributed by atoms with van der Waals surface area (Å²) in [4.78, 5) is 32.5. The van der Waals surface area contributed by atoms with E-state index in [0.717, 1.165) is 11.8 Å². The van der Waals surface area contributed by atoms with Crippen LogP contribution in [0, 0.1) is 12.8 Å². The van der Waals surface area contributed by atoms with E-state index in [-0.39, 0.29) is 29.6 Å². The molecular weight excluding hydrogens is 473 g/mol. The molecule has 1 aromatic carbocycles. The molecule has 0 saturated heterocycles. The first-order valence-corrected chi connectivity index (χ1v) is 11.9. The molecule has 0 radical (unpaired) electrons. The van der Waals surface area contributed by atoms with Gasteiger partial charge in [-0.1, -0.05) is 0 Å². The van der Waals surface area contributed by atoms with Gasteiger partial charge >= 0.3 is 6.18 Å². The van der Waals surface area contributed by atoms with Crippen LogP contribution in [-0.2, 0) is 18.1 Å². The van der Waals surface area contributed by atoms with Crippen LogP contribution >= 0.6 is 0 Å². The largest absolute Gasteiger partial charge is 0.487 e. The minimum atomic E-state index is -4.47. The van der Waals surface area contributed by atoms with Gasteiger partial charge in [-0.2, -0.15) is 13.2 Å². The highest BCUT2D eigenvalue weighted by atomic mass is 19.4. The van der Waals surface area contributed by atoms with Gasteiger partial charge in [0.15, 0.2) is 0 Å². The van der Waals surface area contributed by atoms with Crippen LogP contribution in [0.1, 0.15) is 47.6 Å². The number of benzene rings is 1. The van der Waals surface area contributed by atoms with E-state index in [9.17, 15) is 22.8 Å². The summed E-state index contributed by atoms with van der Waals surface area (Å²) in [6.45, 7) is 6.57. The lowest BCUT2D eigenvalue weighted by Crippen LogP contribution is -2.50. The van der Waals surface area contributed by atoms with E-state index in [1.807, 2.05) is 20.8 Å². The Bertz CT molecular complexity index is 1470. The fourth-order valence-corrected chi connectivity index (χ4v) is 6.01. The Morgan fingerprint density at radius 3 is 2.61 bits per heavy atom. The van der Waals surface area contributed by atoms with Gasteiger partial charge in [-0.25, -0.2) is 4.98 Å². The molecule has 2 aliphatic heterocycles. The van der Waals surface area contributed by atoms with Crippen molar-refractivity contribution in [2.24, 2.45) is 5.92 Å². The van der Waals surface area contributed by atoms with E-state index >= 15 is 0 Å². The molecule has 1 fully saturated rings. The van der Waals surface area contributed by atoms with Crippen LogP contribution in [-0.4, -0.2) is 43.6 Å². The topological polar surface area (TPSA) is 69.4 Å². The number of imidazole rings is 1. The number of aryl methyl sites for hydroxylation is 1. The Morgan fingerprint density at radius 1 is 1.14 bits per heavy atom. The molecule has 4 heterocycles. The van der Waals surface area contributed by atoms with Crippen molar-refractivity contribution in [3.05, 3.63) is 75.7 Å². The van der Waals surface area contributed by atoms with Crippen molar-refractivity contribution in [3.8, 4) is 11.4 Å². The van der Waals surface area contributed by atoms with Crippen LogP contribution < -0.4 is 10.3 Å². The maximum atomic E-state index is 13.5.